The molecular weight excluding hydrogens is 320 g/mol. The highest BCUT2D eigenvalue weighted by atomic mass is 32.2. The van der Waals surface area contributed by atoms with Crippen molar-refractivity contribution >= 4 is 28.6 Å². The van der Waals surface area contributed by atoms with Gasteiger partial charge in [0.1, 0.15) is 0 Å². The quantitative estimate of drug-likeness (QED) is 0.895. The SMILES string of the molecule is Cc1ccc2nc(C)cc(C(=O)N[C@@H](CO)C3CCSCC3)c2c1. The lowest BCUT2D eigenvalue weighted by Crippen LogP contribution is -2.44. The number of aliphatic hydroxyl groups excluding tert-OH is 1. The van der Waals surface area contributed by atoms with Crippen molar-refractivity contribution in [3.63, 3.8) is 0 Å². The summed E-state index contributed by atoms with van der Waals surface area (Å²) in [5.41, 5.74) is 3.40. The van der Waals surface area contributed by atoms with Gasteiger partial charge in [0.05, 0.1) is 23.7 Å². The molecule has 24 heavy (non-hydrogen) atoms. The van der Waals surface area contributed by atoms with Gasteiger partial charge in [0.2, 0.25) is 0 Å². The van der Waals surface area contributed by atoms with Crippen molar-refractivity contribution < 1.29 is 9.90 Å². The van der Waals surface area contributed by atoms with Gasteiger partial charge in [0.15, 0.2) is 0 Å². The Bertz CT molecular complexity index is 741. The molecule has 128 valence electrons. The molecule has 0 unspecified atom stereocenters. The van der Waals surface area contributed by atoms with Crippen LogP contribution in [0.3, 0.4) is 0 Å². The fourth-order valence-corrected chi connectivity index (χ4v) is 4.48. The second-order valence-electron chi connectivity index (χ2n) is 6.54. The van der Waals surface area contributed by atoms with E-state index in [1.807, 2.05) is 49.9 Å². The minimum atomic E-state index is -0.174. The lowest BCUT2D eigenvalue weighted by Gasteiger charge is -2.29. The Balaban J connectivity index is 1.88. The minimum absolute atomic E-state index is 0.0118. The number of nitrogens with one attached hydrogen (secondary N) is 1. The number of fused-ring (bicyclic) bond motifs is 1. The Morgan fingerprint density at radius 2 is 2.08 bits per heavy atom. The van der Waals surface area contributed by atoms with Crippen LogP contribution < -0.4 is 5.32 Å². The van der Waals surface area contributed by atoms with Gasteiger partial charge in [-0.25, -0.2) is 0 Å². The lowest BCUT2D eigenvalue weighted by molar-refractivity contribution is 0.0886. The number of carbonyl (C=O) groups excluding carboxylic acids is 1. The van der Waals surface area contributed by atoms with Crippen LogP contribution in [0.15, 0.2) is 24.3 Å². The number of thioether (sulfide) groups is 1. The van der Waals surface area contributed by atoms with Gasteiger partial charge in [-0.1, -0.05) is 11.6 Å². The van der Waals surface area contributed by atoms with Crippen molar-refractivity contribution in [2.75, 3.05) is 18.1 Å². The largest absolute Gasteiger partial charge is 0.394 e. The number of benzene rings is 1. The van der Waals surface area contributed by atoms with Crippen LogP contribution in [-0.2, 0) is 0 Å². The summed E-state index contributed by atoms with van der Waals surface area (Å²) >= 11 is 1.94. The first-order valence-electron chi connectivity index (χ1n) is 8.46. The number of hydrogen-bond acceptors (Lipinski definition) is 4. The number of aliphatic hydroxyl groups is 1. The normalized spacial score (nSPS) is 17.0. The zero-order chi connectivity index (χ0) is 17.1. The molecule has 0 saturated carbocycles. The zero-order valence-corrected chi connectivity index (χ0v) is 15.0. The van der Waals surface area contributed by atoms with Gasteiger partial charge in [-0.05, 0) is 62.3 Å². The average molecular weight is 344 g/mol. The van der Waals surface area contributed by atoms with Gasteiger partial charge in [-0.3, -0.25) is 9.78 Å². The summed E-state index contributed by atoms with van der Waals surface area (Å²) in [4.78, 5) is 17.4. The first-order valence-corrected chi connectivity index (χ1v) is 9.61. The Labute approximate surface area is 147 Å². The maximum Gasteiger partial charge on any atom is 0.252 e. The fraction of sp³-hybridized carbons (Fsp3) is 0.474. The van der Waals surface area contributed by atoms with E-state index in [4.69, 9.17) is 0 Å². The molecule has 0 spiro atoms. The van der Waals surface area contributed by atoms with E-state index < -0.39 is 0 Å². The smallest absolute Gasteiger partial charge is 0.252 e. The second kappa shape index (κ2) is 7.53. The summed E-state index contributed by atoms with van der Waals surface area (Å²) in [5.74, 6) is 2.45. The van der Waals surface area contributed by atoms with Crippen molar-refractivity contribution in [3.8, 4) is 0 Å². The highest BCUT2D eigenvalue weighted by Gasteiger charge is 2.25. The molecule has 1 aromatic heterocycles. The van der Waals surface area contributed by atoms with E-state index in [-0.39, 0.29) is 18.6 Å². The third-order valence-electron chi connectivity index (χ3n) is 4.69. The van der Waals surface area contributed by atoms with E-state index in [0.29, 0.717) is 11.5 Å². The highest BCUT2D eigenvalue weighted by Crippen LogP contribution is 2.26. The molecule has 1 fully saturated rings. The number of hydrogen-bond donors (Lipinski definition) is 2. The van der Waals surface area contributed by atoms with E-state index in [1.165, 1.54) is 0 Å². The first-order chi connectivity index (χ1) is 11.6. The number of aromatic nitrogens is 1. The standard InChI is InChI=1S/C19H24N2O2S/c1-12-3-4-17-15(9-12)16(10-13(2)20-17)19(23)21-18(11-22)14-5-7-24-8-6-14/h3-4,9-10,14,18,22H,5-8,11H2,1-2H3,(H,21,23)/t18-/m0/s1. The molecule has 4 nitrogen and oxygen atoms in total. The molecular formula is C19H24N2O2S. The van der Waals surface area contributed by atoms with Crippen LogP contribution >= 0.6 is 11.8 Å². The van der Waals surface area contributed by atoms with Gasteiger partial charge in [0.25, 0.3) is 5.91 Å². The summed E-state index contributed by atoms with van der Waals surface area (Å²) in [7, 11) is 0. The van der Waals surface area contributed by atoms with Gasteiger partial charge >= 0.3 is 0 Å². The van der Waals surface area contributed by atoms with Crippen molar-refractivity contribution in [2.24, 2.45) is 5.92 Å². The van der Waals surface area contributed by atoms with Crippen LogP contribution in [0.25, 0.3) is 10.9 Å². The van der Waals surface area contributed by atoms with Crippen LogP contribution in [0, 0.1) is 19.8 Å². The van der Waals surface area contributed by atoms with E-state index in [0.717, 1.165) is 46.5 Å². The van der Waals surface area contributed by atoms with E-state index >= 15 is 0 Å². The zero-order valence-electron chi connectivity index (χ0n) is 14.2. The van der Waals surface area contributed by atoms with Gasteiger partial charge in [-0.15, -0.1) is 0 Å². The summed E-state index contributed by atoms with van der Waals surface area (Å²) in [6.07, 6.45) is 2.09. The van der Waals surface area contributed by atoms with Crippen molar-refractivity contribution in [1.82, 2.24) is 10.3 Å². The lowest BCUT2D eigenvalue weighted by atomic mass is 9.93. The Morgan fingerprint density at radius 1 is 1.33 bits per heavy atom. The van der Waals surface area contributed by atoms with E-state index in [9.17, 15) is 9.90 Å². The van der Waals surface area contributed by atoms with Gasteiger partial charge < -0.3 is 10.4 Å². The number of rotatable bonds is 4. The number of carbonyl (C=O) groups is 1. The average Bonchev–Trinajstić information content (AvgIpc) is 2.60. The molecule has 2 heterocycles. The Hall–Kier alpha value is -1.59. The molecule has 0 radical (unpaired) electrons. The molecule has 5 heteroatoms. The van der Waals surface area contributed by atoms with Crippen LogP contribution in [0.2, 0.25) is 0 Å². The monoisotopic (exact) mass is 344 g/mol. The van der Waals surface area contributed by atoms with E-state index in [2.05, 4.69) is 10.3 Å². The van der Waals surface area contributed by atoms with E-state index in [1.54, 1.807) is 0 Å². The molecule has 1 atom stereocenters. The molecule has 1 aliphatic rings. The van der Waals surface area contributed by atoms with Gasteiger partial charge in [0, 0.05) is 11.1 Å². The molecule has 0 bridgehead atoms. The van der Waals surface area contributed by atoms with Crippen molar-refractivity contribution in [1.29, 1.82) is 0 Å². The van der Waals surface area contributed by atoms with Crippen LogP contribution in [0.5, 0.6) is 0 Å². The van der Waals surface area contributed by atoms with Crippen molar-refractivity contribution in [2.45, 2.75) is 32.7 Å². The Morgan fingerprint density at radius 3 is 2.79 bits per heavy atom. The number of nitrogens with zero attached hydrogens (tertiary/aromatic N) is 1. The maximum absolute atomic E-state index is 12.9. The van der Waals surface area contributed by atoms with Crippen molar-refractivity contribution in [3.05, 3.63) is 41.1 Å². The van der Waals surface area contributed by atoms with Crippen LogP contribution in [0.4, 0.5) is 0 Å². The summed E-state index contributed by atoms with van der Waals surface area (Å²) in [6, 6.07) is 7.62. The molecule has 1 aromatic carbocycles. The number of pyridine rings is 1. The topological polar surface area (TPSA) is 62.2 Å². The molecule has 0 aliphatic carbocycles. The third-order valence-corrected chi connectivity index (χ3v) is 5.73. The molecule has 2 aromatic rings. The van der Waals surface area contributed by atoms with Gasteiger partial charge in [-0.2, -0.15) is 11.8 Å². The first kappa shape index (κ1) is 17.2. The second-order valence-corrected chi connectivity index (χ2v) is 7.77. The number of amides is 1. The maximum atomic E-state index is 12.9. The third kappa shape index (κ3) is 3.73. The molecule has 2 N–H and O–H groups in total. The molecule has 1 aliphatic heterocycles. The molecule has 1 saturated heterocycles. The van der Waals surface area contributed by atoms with Crippen LogP contribution in [-0.4, -0.2) is 40.2 Å². The molecule has 3 rings (SSSR count). The fourth-order valence-electron chi connectivity index (χ4n) is 3.34. The molecule has 1 amide bonds. The summed E-state index contributed by atoms with van der Waals surface area (Å²) in [5, 5.41) is 13.7. The van der Waals surface area contributed by atoms with Crippen LogP contribution in [0.1, 0.15) is 34.5 Å². The predicted molar refractivity (Wildman–Crippen MR) is 99.6 cm³/mol. The number of aryl methyl sites for hydroxylation is 2. The summed E-state index contributed by atoms with van der Waals surface area (Å²) < 4.78 is 0. The summed E-state index contributed by atoms with van der Waals surface area (Å²) in [6.45, 7) is 3.90. The predicted octanol–water partition coefficient (Wildman–Crippen LogP) is 3.09. The highest BCUT2D eigenvalue weighted by molar-refractivity contribution is 7.99. The Kier molecular flexibility index (Phi) is 5.41. The minimum Gasteiger partial charge on any atom is -0.394 e.